The molecule has 0 aromatic heterocycles. The van der Waals surface area contributed by atoms with Crippen LogP contribution in [-0.2, 0) is 0 Å². The summed E-state index contributed by atoms with van der Waals surface area (Å²) in [5.41, 5.74) is 0. The Hall–Kier alpha value is -1.04. The highest BCUT2D eigenvalue weighted by Gasteiger charge is 2.04. The van der Waals surface area contributed by atoms with Crippen LogP contribution < -0.4 is 9.46 Å². The molecule has 94 valence electrons. The van der Waals surface area contributed by atoms with E-state index < -0.39 is 0 Å². The summed E-state index contributed by atoms with van der Waals surface area (Å²) in [5, 5.41) is 0. The first-order chi connectivity index (χ1) is 8.69. The molecule has 0 heterocycles. The molecule has 0 unspecified atom stereocenters. The van der Waals surface area contributed by atoms with Gasteiger partial charge in [-0.15, -0.1) is 0 Å². The largest absolute Gasteiger partial charge is 0.456 e. The fourth-order valence-corrected chi connectivity index (χ4v) is 2.54. The van der Waals surface area contributed by atoms with Gasteiger partial charge >= 0.3 is 0 Å². The molecule has 0 radical (unpaired) electrons. The number of benzene rings is 2. The van der Waals surface area contributed by atoms with Crippen molar-refractivity contribution in [1.82, 2.24) is 4.72 Å². The molecule has 0 atom stereocenters. The van der Waals surface area contributed by atoms with Crippen molar-refractivity contribution < 1.29 is 9.13 Å². The zero-order valence-electron chi connectivity index (χ0n) is 9.61. The Morgan fingerprint density at radius 2 is 1.89 bits per heavy atom. The van der Waals surface area contributed by atoms with Crippen LogP contribution in [0.4, 0.5) is 4.39 Å². The van der Waals surface area contributed by atoms with Crippen molar-refractivity contribution in [1.29, 1.82) is 0 Å². The van der Waals surface area contributed by atoms with Gasteiger partial charge in [0.1, 0.15) is 17.3 Å². The second-order valence-electron chi connectivity index (χ2n) is 3.45. The zero-order valence-corrected chi connectivity index (χ0v) is 12.0. The van der Waals surface area contributed by atoms with E-state index in [4.69, 9.17) is 4.74 Å². The standard InChI is InChI=1S/C13H11BrFNOS/c1-16-18-11-6-7-13(12(14)8-11)17-10-4-2-9(15)3-5-10/h2-8,16H,1H3. The Morgan fingerprint density at radius 3 is 2.50 bits per heavy atom. The molecule has 0 aliphatic heterocycles. The molecule has 0 fully saturated rings. The first-order valence-corrected chi connectivity index (χ1v) is 6.86. The Kier molecular flexibility index (Phi) is 4.63. The topological polar surface area (TPSA) is 21.3 Å². The van der Waals surface area contributed by atoms with E-state index in [0.29, 0.717) is 11.5 Å². The van der Waals surface area contributed by atoms with Crippen LogP contribution in [0.2, 0.25) is 0 Å². The van der Waals surface area contributed by atoms with E-state index in [9.17, 15) is 4.39 Å². The number of ether oxygens (including phenoxy) is 1. The van der Waals surface area contributed by atoms with E-state index in [1.165, 1.54) is 24.1 Å². The average molecular weight is 328 g/mol. The molecule has 18 heavy (non-hydrogen) atoms. The van der Waals surface area contributed by atoms with Gasteiger partial charge in [0.2, 0.25) is 0 Å². The predicted molar refractivity (Wildman–Crippen MR) is 75.5 cm³/mol. The summed E-state index contributed by atoms with van der Waals surface area (Å²) in [6, 6.07) is 11.7. The van der Waals surface area contributed by atoms with Crippen molar-refractivity contribution in [3.63, 3.8) is 0 Å². The first kappa shape index (κ1) is 13.4. The van der Waals surface area contributed by atoms with Gasteiger partial charge in [-0.3, -0.25) is 4.72 Å². The molecule has 0 spiro atoms. The Balaban J connectivity index is 2.16. The molecule has 0 saturated carbocycles. The van der Waals surface area contributed by atoms with Gasteiger partial charge in [-0.2, -0.15) is 0 Å². The van der Waals surface area contributed by atoms with E-state index in [0.717, 1.165) is 9.37 Å². The van der Waals surface area contributed by atoms with Crippen molar-refractivity contribution in [3.8, 4) is 11.5 Å². The fourth-order valence-electron chi connectivity index (χ4n) is 1.38. The molecule has 0 amide bonds. The first-order valence-electron chi connectivity index (χ1n) is 5.25. The number of rotatable bonds is 4. The van der Waals surface area contributed by atoms with Crippen molar-refractivity contribution in [2.75, 3.05) is 7.05 Å². The van der Waals surface area contributed by atoms with E-state index in [2.05, 4.69) is 20.7 Å². The van der Waals surface area contributed by atoms with Crippen LogP contribution in [0.25, 0.3) is 0 Å². The summed E-state index contributed by atoms with van der Waals surface area (Å²) >= 11 is 4.97. The van der Waals surface area contributed by atoms with E-state index in [1.54, 1.807) is 12.1 Å². The second kappa shape index (κ2) is 6.22. The third-order valence-corrected chi connectivity index (χ3v) is 3.48. The van der Waals surface area contributed by atoms with Crippen LogP contribution in [0, 0.1) is 5.82 Å². The number of hydrogen-bond acceptors (Lipinski definition) is 3. The molecular formula is C13H11BrFNOS. The smallest absolute Gasteiger partial charge is 0.141 e. The molecule has 1 N–H and O–H groups in total. The lowest BCUT2D eigenvalue weighted by molar-refractivity contribution is 0.477. The Bertz CT molecular complexity index is 533. The third-order valence-electron chi connectivity index (χ3n) is 2.16. The van der Waals surface area contributed by atoms with Gasteiger partial charge in [0, 0.05) is 4.90 Å². The highest BCUT2D eigenvalue weighted by atomic mass is 79.9. The molecule has 2 aromatic carbocycles. The summed E-state index contributed by atoms with van der Waals surface area (Å²) in [5.74, 6) is 1.02. The van der Waals surface area contributed by atoms with Crippen LogP contribution >= 0.6 is 27.9 Å². The van der Waals surface area contributed by atoms with Crippen molar-refractivity contribution >= 4 is 27.9 Å². The highest BCUT2D eigenvalue weighted by Crippen LogP contribution is 2.32. The molecule has 0 aliphatic rings. The maximum Gasteiger partial charge on any atom is 0.141 e. The minimum Gasteiger partial charge on any atom is -0.456 e. The summed E-state index contributed by atoms with van der Waals surface area (Å²) < 4.78 is 22.3. The van der Waals surface area contributed by atoms with Gasteiger partial charge in [-0.25, -0.2) is 4.39 Å². The van der Waals surface area contributed by atoms with E-state index in [-0.39, 0.29) is 5.82 Å². The SMILES string of the molecule is CNSc1ccc(Oc2ccc(F)cc2)c(Br)c1. The normalized spacial score (nSPS) is 10.4. The Morgan fingerprint density at radius 1 is 1.17 bits per heavy atom. The number of halogens is 2. The van der Waals surface area contributed by atoms with Gasteiger partial charge in [-0.05, 0) is 77.4 Å². The van der Waals surface area contributed by atoms with E-state index >= 15 is 0 Å². The lowest BCUT2D eigenvalue weighted by Gasteiger charge is -2.09. The molecule has 0 saturated heterocycles. The lowest BCUT2D eigenvalue weighted by atomic mass is 10.3. The molecule has 2 rings (SSSR count). The molecule has 0 bridgehead atoms. The van der Waals surface area contributed by atoms with Crippen LogP contribution in [0.1, 0.15) is 0 Å². The fraction of sp³-hybridized carbons (Fsp3) is 0.0769. The number of nitrogens with one attached hydrogen (secondary N) is 1. The van der Waals surface area contributed by atoms with Crippen LogP contribution in [0.5, 0.6) is 11.5 Å². The molecule has 2 nitrogen and oxygen atoms in total. The maximum atomic E-state index is 12.8. The summed E-state index contributed by atoms with van der Waals surface area (Å²) in [7, 11) is 1.86. The van der Waals surface area contributed by atoms with Gasteiger partial charge in [0.25, 0.3) is 0 Å². The molecular weight excluding hydrogens is 317 g/mol. The van der Waals surface area contributed by atoms with Crippen LogP contribution in [0.15, 0.2) is 51.8 Å². The zero-order chi connectivity index (χ0) is 13.0. The molecule has 5 heteroatoms. The van der Waals surface area contributed by atoms with Crippen molar-refractivity contribution in [3.05, 3.63) is 52.8 Å². The van der Waals surface area contributed by atoms with Gasteiger partial charge in [0.15, 0.2) is 0 Å². The van der Waals surface area contributed by atoms with Crippen molar-refractivity contribution in [2.24, 2.45) is 0 Å². The minimum atomic E-state index is -0.276. The quantitative estimate of drug-likeness (QED) is 0.829. The average Bonchev–Trinajstić information content (AvgIpc) is 2.36. The monoisotopic (exact) mass is 327 g/mol. The summed E-state index contributed by atoms with van der Waals surface area (Å²) in [6.45, 7) is 0. The predicted octanol–water partition coefficient (Wildman–Crippen LogP) is 4.61. The Labute approximate surface area is 118 Å². The van der Waals surface area contributed by atoms with Gasteiger partial charge in [0.05, 0.1) is 4.47 Å². The van der Waals surface area contributed by atoms with Crippen LogP contribution in [-0.4, -0.2) is 7.05 Å². The molecule has 0 aliphatic carbocycles. The maximum absolute atomic E-state index is 12.8. The summed E-state index contributed by atoms with van der Waals surface area (Å²) in [6.07, 6.45) is 0. The van der Waals surface area contributed by atoms with E-state index in [1.807, 2.05) is 25.2 Å². The summed E-state index contributed by atoms with van der Waals surface area (Å²) in [4.78, 5) is 1.08. The van der Waals surface area contributed by atoms with Gasteiger partial charge < -0.3 is 4.74 Å². The lowest BCUT2D eigenvalue weighted by Crippen LogP contribution is -1.91. The second-order valence-corrected chi connectivity index (χ2v) is 5.39. The number of hydrogen-bond donors (Lipinski definition) is 1. The van der Waals surface area contributed by atoms with Gasteiger partial charge in [-0.1, -0.05) is 0 Å². The minimum absolute atomic E-state index is 0.276. The van der Waals surface area contributed by atoms with Crippen LogP contribution in [0.3, 0.4) is 0 Å². The van der Waals surface area contributed by atoms with Crippen molar-refractivity contribution in [2.45, 2.75) is 4.90 Å². The molecule has 2 aromatic rings. The third kappa shape index (κ3) is 3.48. The highest BCUT2D eigenvalue weighted by molar-refractivity contribution is 9.10.